The minimum Gasteiger partial charge on any atom is -0.377 e. The zero-order chi connectivity index (χ0) is 23.4. The topological polar surface area (TPSA) is 115 Å². The molecular weight excluding hydrogens is 450 g/mol. The summed E-state index contributed by atoms with van der Waals surface area (Å²) in [5.74, 6) is 0.550. The highest BCUT2D eigenvalue weighted by atomic mass is 32.2. The van der Waals surface area contributed by atoms with E-state index in [1.165, 1.54) is 23.9 Å². The number of rotatable bonds is 15. The maximum absolute atomic E-state index is 12.4. The second-order valence-electron chi connectivity index (χ2n) is 7.05. The number of ether oxygens (including phenoxy) is 1. The third-order valence-electron chi connectivity index (χ3n) is 4.48. The average Bonchev–Trinajstić information content (AvgIpc) is 3.14. The molecule has 0 fully saturated rings. The molecule has 1 heterocycles. The molecule has 0 unspecified atom stereocenters. The molecule has 0 aliphatic rings. The van der Waals surface area contributed by atoms with Crippen molar-refractivity contribution in [2.24, 2.45) is 0 Å². The number of anilines is 1. The van der Waals surface area contributed by atoms with Crippen LogP contribution in [-0.4, -0.2) is 48.5 Å². The zero-order valence-electron chi connectivity index (χ0n) is 18.5. The number of aromatic nitrogens is 3. The molecule has 2 N–H and O–H groups in total. The number of benzene rings is 1. The first-order chi connectivity index (χ1) is 15.4. The summed E-state index contributed by atoms with van der Waals surface area (Å²) < 4.78 is 34.3. The van der Waals surface area contributed by atoms with Crippen molar-refractivity contribution < 1.29 is 17.9 Å². The highest BCUT2D eigenvalue weighted by Gasteiger charge is 2.15. The maximum Gasteiger partial charge on any atom is 0.240 e. The van der Waals surface area contributed by atoms with Crippen LogP contribution in [-0.2, 0) is 32.7 Å². The Labute approximate surface area is 194 Å². The van der Waals surface area contributed by atoms with Gasteiger partial charge in [0.25, 0.3) is 0 Å². The minimum atomic E-state index is -3.55. The zero-order valence-corrected chi connectivity index (χ0v) is 20.2. The number of nitrogens with one attached hydrogen (secondary N) is 2. The molecule has 0 spiro atoms. The Morgan fingerprint density at radius 3 is 2.62 bits per heavy atom. The van der Waals surface area contributed by atoms with Crippen molar-refractivity contribution in [3.8, 4) is 0 Å². The van der Waals surface area contributed by atoms with Crippen LogP contribution < -0.4 is 10.0 Å². The lowest BCUT2D eigenvalue weighted by Gasteiger charge is -2.09. The normalized spacial score (nSPS) is 11.4. The number of allylic oxidation sites excluding steroid dienone is 1. The summed E-state index contributed by atoms with van der Waals surface area (Å²) in [4.78, 5) is 12.5. The summed E-state index contributed by atoms with van der Waals surface area (Å²) in [7, 11) is -1.98. The Morgan fingerprint density at radius 1 is 1.22 bits per heavy atom. The Bertz CT molecular complexity index is 975. The number of methoxy groups -OCH3 is 1. The number of amides is 1. The molecule has 2 aromatic rings. The van der Waals surface area contributed by atoms with Crippen LogP contribution in [0.1, 0.15) is 38.4 Å². The minimum absolute atomic E-state index is 0.127. The third kappa shape index (κ3) is 8.05. The summed E-state index contributed by atoms with van der Waals surface area (Å²) in [5.41, 5.74) is 0.519. The van der Waals surface area contributed by atoms with Gasteiger partial charge in [-0.05, 0) is 30.7 Å². The number of hydrogen-bond donors (Lipinski definition) is 2. The van der Waals surface area contributed by atoms with E-state index in [2.05, 4.69) is 33.7 Å². The van der Waals surface area contributed by atoms with Crippen LogP contribution in [0.3, 0.4) is 0 Å². The Hall–Kier alpha value is -2.21. The standard InChI is InChI=1S/C21H31N5O4S2/c1-4-6-7-8-13-22-32(28,29)18-11-9-17(10-12-18)23-20(27)16-31-21-25-24-19(15-30-3)26(21)14-5-2/h5,9-12,22H,2,4,6-8,13-16H2,1,3H3,(H,23,27). The predicted octanol–water partition coefficient (Wildman–Crippen LogP) is 3.20. The molecule has 2 rings (SSSR count). The summed E-state index contributed by atoms with van der Waals surface area (Å²) in [6.07, 6.45) is 5.73. The lowest BCUT2D eigenvalue weighted by atomic mass is 10.2. The fourth-order valence-electron chi connectivity index (χ4n) is 2.86. The van der Waals surface area contributed by atoms with Gasteiger partial charge in [0.2, 0.25) is 15.9 Å². The largest absolute Gasteiger partial charge is 0.377 e. The van der Waals surface area contributed by atoms with Crippen molar-refractivity contribution in [1.82, 2.24) is 19.5 Å². The van der Waals surface area contributed by atoms with Crippen molar-refractivity contribution in [1.29, 1.82) is 0 Å². The number of nitrogens with zero attached hydrogens (tertiary/aromatic N) is 3. The molecular formula is C21H31N5O4S2. The van der Waals surface area contributed by atoms with Crippen molar-refractivity contribution in [2.75, 3.05) is 24.7 Å². The van der Waals surface area contributed by atoms with Gasteiger partial charge in [0.15, 0.2) is 11.0 Å². The van der Waals surface area contributed by atoms with Gasteiger partial charge < -0.3 is 14.6 Å². The lowest BCUT2D eigenvalue weighted by Crippen LogP contribution is -2.24. The van der Waals surface area contributed by atoms with E-state index in [4.69, 9.17) is 4.74 Å². The van der Waals surface area contributed by atoms with Gasteiger partial charge in [-0.25, -0.2) is 13.1 Å². The number of carbonyl (C=O) groups excluding carboxylic acids is 1. The maximum atomic E-state index is 12.4. The number of thioether (sulfide) groups is 1. The first-order valence-corrected chi connectivity index (χ1v) is 12.9. The van der Waals surface area contributed by atoms with Gasteiger partial charge in [0, 0.05) is 25.9 Å². The summed E-state index contributed by atoms with van der Waals surface area (Å²) in [5, 5.41) is 11.5. The Morgan fingerprint density at radius 2 is 1.97 bits per heavy atom. The molecule has 0 aliphatic carbocycles. The predicted molar refractivity (Wildman–Crippen MR) is 126 cm³/mol. The molecule has 1 amide bonds. The van der Waals surface area contributed by atoms with E-state index < -0.39 is 10.0 Å². The van der Waals surface area contributed by atoms with Gasteiger partial charge in [-0.3, -0.25) is 4.79 Å². The van der Waals surface area contributed by atoms with Crippen LogP contribution in [0.15, 0.2) is 47.0 Å². The molecule has 0 radical (unpaired) electrons. The molecule has 0 aliphatic heterocycles. The smallest absolute Gasteiger partial charge is 0.240 e. The van der Waals surface area contributed by atoms with E-state index in [1.54, 1.807) is 25.3 Å². The van der Waals surface area contributed by atoms with Crippen LogP contribution in [0.25, 0.3) is 0 Å². The van der Waals surface area contributed by atoms with Crippen molar-refractivity contribution in [3.63, 3.8) is 0 Å². The number of sulfonamides is 1. The van der Waals surface area contributed by atoms with Gasteiger partial charge in [-0.1, -0.05) is 44.0 Å². The van der Waals surface area contributed by atoms with Crippen molar-refractivity contribution >= 4 is 33.4 Å². The fourth-order valence-corrected chi connectivity index (χ4v) is 4.70. The van der Waals surface area contributed by atoms with E-state index in [1.807, 2.05) is 4.57 Å². The SMILES string of the molecule is C=CCn1c(COC)nnc1SCC(=O)Nc1ccc(S(=O)(=O)NCCCCCC)cc1. The molecule has 32 heavy (non-hydrogen) atoms. The van der Waals surface area contributed by atoms with Gasteiger partial charge in [-0.15, -0.1) is 16.8 Å². The molecule has 9 nitrogen and oxygen atoms in total. The molecule has 0 bridgehead atoms. The number of carbonyl (C=O) groups is 1. The molecule has 1 aromatic carbocycles. The molecule has 0 saturated carbocycles. The molecule has 176 valence electrons. The average molecular weight is 482 g/mol. The highest BCUT2D eigenvalue weighted by molar-refractivity contribution is 7.99. The van der Waals surface area contributed by atoms with Crippen LogP contribution in [0.2, 0.25) is 0 Å². The van der Waals surface area contributed by atoms with E-state index in [-0.39, 0.29) is 16.6 Å². The van der Waals surface area contributed by atoms with Crippen molar-refractivity contribution in [3.05, 3.63) is 42.7 Å². The fraction of sp³-hybridized carbons (Fsp3) is 0.476. The summed E-state index contributed by atoms with van der Waals surface area (Å²) in [6.45, 7) is 7.08. The first-order valence-electron chi connectivity index (χ1n) is 10.5. The highest BCUT2D eigenvalue weighted by Crippen LogP contribution is 2.19. The van der Waals surface area contributed by atoms with E-state index in [9.17, 15) is 13.2 Å². The molecule has 11 heteroatoms. The van der Waals surface area contributed by atoms with E-state index >= 15 is 0 Å². The van der Waals surface area contributed by atoms with Gasteiger partial charge >= 0.3 is 0 Å². The van der Waals surface area contributed by atoms with Crippen LogP contribution in [0.5, 0.6) is 0 Å². The Balaban J connectivity index is 1.88. The second-order valence-corrected chi connectivity index (χ2v) is 9.76. The monoisotopic (exact) mass is 481 g/mol. The lowest BCUT2D eigenvalue weighted by molar-refractivity contribution is -0.113. The van der Waals surface area contributed by atoms with E-state index in [0.717, 1.165) is 25.7 Å². The summed E-state index contributed by atoms with van der Waals surface area (Å²) in [6, 6.07) is 6.11. The number of unbranched alkanes of at least 4 members (excludes halogenated alkanes) is 3. The van der Waals surface area contributed by atoms with Gasteiger partial charge in [0.05, 0.1) is 10.6 Å². The van der Waals surface area contributed by atoms with Gasteiger partial charge in [0.1, 0.15) is 6.61 Å². The van der Waals surface area contributed by atoms with E-state index in [0.29, 0.717) is 36.4 Å². The number of hydrogen-bond acceptors (Lipinski definition) is 7. The van der Waals surface area contributed by atoms with Crippen LogP contribution in [0.4, 0.5) is 5.69 Å². The van der Waals surface area contributed by atoms with Crippen LogP contribution in [0, 0.1) is 0 Å². The van der Waals surface area contributed by atoms with Gasteiger partial charge in [-0.2, -0.15) is 0 Å². The van der Waals surface area contributed by atoms with Crippen LogP contribution >= 0.6 is 11.8 Å². The third-order valence-corrected chi connectivity index (χ3v) is 6.93. The molecule has 0 saturated heterocycles. The Kier molecular flexibility index (Phi) is 10.9. The summed E-state index contributed by atoms with van der Waals surface area (Å²) >= 11 is 1.25. The molecule has 0 atom stereocenters. The van der Waals surface area contributed by atoms with Crippen molar-refractivity contribution in [2.45, 2.75) is 55.8 Å². The second kappa shape index (κ2) is 13.4. The first kappa shape index (κ1) is 26.0. The quantitative estimate of drug-likeness (QED) is 0.228. The molecule has 1 aromatic heterocycles.